The Morgan fingerprint density at radius 3 is 2.73 bits per heavy atom. The highest BCUT2D eigenvalue weighted by Crippen LogP contribution is 2.30. The molecule has 0 spiro atoms. The van der Waals surface area contributed by atoms with Crippen LogP contribution >= 0.6 is 11.6 Å². The van der Waals surface area contributed by atoms with E-state index < -0.39 is 0 Å². The lowest BCUT2D eigenvalue weighted by molar-refractivity contribution is -0.706. The monoisotopic (exact) mass is 174 g/mol. The minimum absolute atomic E-state index is 0.491. The van der Waals surface area contributed by atoms with Crippen LogP contribution in [0.3, 0.4) is 0 Å². The summed E-state index contributed by atoms with van der Waals surface area (Å²) in [6.07, 6.45) is 6.87. The molecule has 1 aliphatic carbocycles. The van der Waals surface area contributed by atoms with Gasteiger partial charge in [0.2, 0.25) is 0 Å². The van der Waals surface area contributed by atoms with Crippen LogP contribution in [0.25, 0.3) is 0 Å². The molecule has 11 heavy (non-hydrogen) atoms. The lowest BCUT2D eigenvalue weighted by atomic mass is 9.79. The Bertz CT molecular complexity index is 136. The van der Waals surface area contributed by atoms with Crippen molar-refractivity contribution in [3.63, 3.8) is 0 Å². The fourth-order valence-electron chi connectivity index (χ4n) is 2.61. The van der Waals surface area contributed by atoms with Gasteiger partial charge in [-0.2, -0.15) is 0 Å². The Hall–Kier alpha value is 0.250. The van der Waals surface area contributed by atoms with Crippen molar-refractivity contribution in [2.24, 2.45) is 5.92 Å². The van der Waals surface area contributed by atoms with Gasteiger partial charge in [0.1, 0.15) is 0 Å². The maximum absolute atomic E-state index is 6.27. The molecule has 2 N–H and O–H groups in total. The standard InChI is InChI=1S/C9H16ClN/c10-8-5-6-11-9-4-2-1-3-7(8)9/h7-9,11H,1-6H2/p+1/t7-,8-,9+/m1/s1. The van der Waals surface area contributed by atoms with Gasteiger partial charge in [0, 0.05) is 17.7 Å². The Morgan fingerprint density at radius 1 is 1.09 bits per heavy atom. The first-order valence-corrected chi connectivity index (χ1v) is 5.29. The van der Waals surface area contributed by atoms with E-state index in [-0.39, 0.29) is 0 Å². The topological polar surface area (TPSA) is 16.6 Å². The smallest absolute Gasteiger partial charge is 0.0901 e. The molecular weight excluding hydrogens is 158 g/mol. The fourth-order valence-corrected chi connectivity index (χ4v) is 3.05. The molecule has 1 nitrogen and oxygen atoms in total. The number of quaternary nitrogens is 1. The van der Waals surface area contributed by atoms with Crippen molar-refractivity contribution in [3.8, 4) is 0 Å². The van der Waals surface area contributed by atoms with E-state index in [9.17, 15) is 0 Å². The van der Waals surface area contributed by atoms with Crippen LogP contribution in [0.2, 0.25) is 0 Å². The molecule has 0 radical (unpaired) electrons. The third-order valence-corrected chi connectivity index (χ3v) is 3.79. The van der Waals surface area contributed by atoms with Crippen LogP contribution in [0.4, 0.5) is 0 Å². The molecule has 2 aliphatic rings. The Balaban J connectivity index is 1.99. The SMILES string of the molecule is Cl[C@@H]1CC[NH2+][C@H]2CCCC[C@H]12. The Labute approximate surface area is 73.5 Å². The van der Waals surface area contributed by atoms with Gasteiger partial charge in [-0.3, -0.25) is 0 Å². The summed E-state index contributed by atoms with van der Waals surface area (Å²) in [6.45, 7) is 1.26. The van der Waals surface area contributed by atoms with Gasteiger partial charge in [-0.1, -0.05) is 6.42 Å². The summed E-state index contributed by atoms with van der Waals surface area (Å²) in [7, 11) is 0. The first kappa shape index (κ1) is 7.88. The van der Waals surface area contributed by atoms with Crippen molar-refractivity contribution in [1.29, 1.82) is 0 Å². The molecule has 1 aliphatic heterocycles. The van der Waals surface area contributed by atoms with Crippen LogP contribution in [0.15, 0.2) is 0 Å². The van der Waals surface area contributed by atoms with Crippen molar-refractivity contribution >= 4 is 11.6 Å². The number of fused-ring (bicyclic) bond motifs is 1. The summed E-state index contributed by atoms with van der Waals surface area (Å²) < 4.78 is 0. The molecule has 1 saturated heterocycles. The molecule has 2 rings (SSSR count). The zero-order chi connectivity index (χ0) is 7.68. The van der Waals surface area contributed by atoms with E-state index in [1.54, 1.807) is 0 Å². The van der Waals surface area contributed by atoms with Crippen LogP contribution in [-0.2, 0) is 0 Å². The lowest BCUT2D eigenvalue weighted by Crippen LogP contribution is -2.94. The largest absolute Gasteiger partial charge is 0.344 e. The molecule has 64 valence electrons. The predicted octanol–water partition coefficient (Wildman–Crippen LogP) is 1.12. The molecule has 0 unspecified atom stereocenters. The summed E-state index contributed by atoms with van der Waals surface area (Å²) in [5.41, 5.74) is 0. The van der Waals surface area contributed by atoms with Crippen molar-refractivity contribution in [1.82, 2.24) is 0 Å². The number of halogens is 1. The summed E-state index contributed by atoms with van der Waals surface area (Å²) in [4.78, 5) is 0. The molecule has 1 saturated carbocycles. The highest BCUT2D eigenvalue weighted by molar-refractivity contribution is 6.20. The van der Waals surface area contributed by atoms with Crippen LogP contribution in [0.5, 0.6) is 0 Å². The van der Waals surface area contributed by atoms with Crippen molar-refractivity contribution in [3.05, 3.63) is 0 Å². The number of rotatable bonds is 0. The predicted molar refractivity (Wildman–Crippen MR) is 46.8 cm³/mol. The summed E-state index contributed by atoms with van der Waals surface area (Å²) >= 11 is 6.27. The van der Waals surface area contributed by atoms with E-state index in [1.807, 2.05) is 0 Å². The van der Waals surface area contributed by atoms with Gasteiger partial charge in [0.25, 0.3) is 0 Å². The quantitative estimate of drug-likeness (QED) is 0.531. The van der Waals surface area contributed by atoms with E-state index in [1.165, 1.54) is 38.6 Å². The van der Waals surface area contributed by atoms with Crippen LogP contribution in [0.1, 0.15) is 32.1 Å². The number of hydrogen-bond acceptors (Lipinski definition) is 0. The average Bonchev–Trinajstić information content (AvgIpc) is 2.06. The molecule has 0 aromatic carbocycles. The third kappa shape index (κ3) is 1.54. The van der Waals surface area contributed by atoms with Crippen molar-refractivity contribution < 1.29 is 5.32 Å². The number of piperidine rings is 1. The third-order valence-electron chi connectivity index (χ3n) is 3.25. The van der Waals surface area contributed by atoms with Gasteiger partial charge in [-0.05, 0) is 19.3 Å². The van der Waals surface area contributed by atoms with E-state index in [2.05, 4.69) is 5.32 Å². The minimum Gasteiger partial charge on any atom is -0.344 e. The molecule has 0 aromatic rings. The van der Waals surface area contributed by atoms with E-state index in [0.29, 0.717) is 5.38 Å². The maximum Gasteiger partial charge on any atom is 0.0901 e. The number of hydrogen-bond donors (Lipinski definition) is 1. The number of alkyl halides is 1. The second-order valence-electron chi connectivity index (χ2n) is 3.94. The van der Waals surface area contributed by atoms with Gasteiger partial charge in [-0.15, -0.1) is 11.6 Å². The highest BCUT2D eigenvalue weighted by Gasteiger charge is 2.36. The van der Waals surface area contributed by atoms with Crippen LogP contribution < -0.4 is 5.32 Å². The zero-order valence-electron chi connectivity index (χ0n) is 6.93. The number of nitrogens with two attached hydrogens (primary N) is 1. The first-order valence-electron chi connectivity index (χ1n) is 4.85. The molecule has 0 amide bonds. The first-order chi connectivity index (χ1) is 5.38. The van der Waals surface area contributed by atoms with Gasteiger partial charge in [-0.25, -0.2) is 0 Å². The summed E-state index contributed by atoms with van der Waals surface area (Å²) in [5, 5.41) is 3.01. The summed E-state index contributed by atoms with van der Waals surface area (Å²) in [5.74, 6) is 0.833. The summed E-state index contributed by atoms with van der Waals surface area (Å²) in [6, 6.07) is 0.875. The van der Waals surface area contributed by atoms with Crippen LogP contribution in [0, 0.1) is 5.92 Å². The average molecular weight is 175 g/mol. The van der Waals surface area contributed by atoms with Crippen molar-refractivity contribution in [2.75, 3.05) is 6.54 Å². The van der Waals surface area contributed by atoms with E-state index in [0.717, 1.165) is 12.0 Å². The highest BCUT2D eigenvalue weighted by atomic mass is 35.5. The second-order valence-corrected chi connectivity index (χ2v) is 4.50. The second kappa shape index (κ2) is 3.32. The van der Waals surface area contributed by atoms with Crippen LogP contribution in [-0.4, -0.2) is 18.0 Å². The Morgan fingerprint density at radius 2 is 1.91 bits per heavy atom. The molecule has 1 heterocycles. The molecule has 2 heteroatoms. The van der Waals surface area contributed by atoms with E-state index in [4.69, 9.17) is 11.6 Å². The maximum atomic E-state index is 6.27. The Kier molecular flexibility index (Phi) is 2.38. The molecule has 3 atom stereocenters. The molecule has 0 bridgehead atoms. The normalized spacial score (nSPS) is 45.0. The van der Waals surface area contributed by atoms with Gasteiger partial charge in [0.05, 0.1) is 12.6 Å². The molecule has 0 aromatic heterocycles. The lowest BCUT2D eigenvalue weighted by Gasteiger charge is -2.36. The van der Waals surface area contributed by atoms with Gasteiger partial charge < -0.3 is 5.32 Å². The van der Waals surface area contributed by atoms with Gasteiger partial charge in [0.15, 0.2) is 0 Å². The zero-order valence-corrected chi connectivity index (χ0v) is 7.69. The van der Waals surface area contributed by atoms with Gasteiger partial charge >= 0.3 is 0 Å². The molecule has 2 fully saturated rings. The molecular formula is C9H17ClN+. The minimum atomic E-state index is 0.491. The fraction of sp³-hybridized carbons (Fsp3) is 1.00. The van der Waals surface area contributed by atoms with E-state index >= 15 is 0 Å². The van der Waals surface area contributed by atoms with Crippen molar-refractivity contribution in [2.45, 2.75) is 43.5 Å².